The molecule has 2 nitrogen and oxygen atoms in total. The van der Waals surface area contributed by atoms with E-state index >= 15 is 0 Å². The van der Waals surface area contributed by atoms with Gasteiger partial charge in [0.25, 0.3) is 0 Å². The zero-order valence-electron chi connectivity index (χ0n) is 8.74. The van der Waals surface area contributed by atoms with Gasteiger partial charge in [-0.15, -0.1) is 0 Å². The van der Waals surface area contributed by atoms with Crippen LogP contribution in [0.4, 0.5) is 0 Å². The molecule has 2 aliphatic rings. The van der Waals surface area contributed by atoms with Crippen molar-refractivity contribution >= 4 is 0 Å². The van der Waals surface area contributed by atoms with E-state index in [1.54, 1.807) is 0 Å². The second-order valence-electron chi connectivity index (χ2n) is 5.02. The van der Waals surface area contributed by atoms with Gasteiger partial charge in [-0.05, 0) is 36.8 Å². The van der Waals surface area contributed by atoms with E-state index in [9.17, 15) is 10.2 Å². The van der Waals surface area contributed by atoms with E-state index in [0.717, 1.165) is 31.2 Å². The Bertz CT molecular complexity index is 389. The Hall–Kier alpha value is -0.860. The molecule has 1 aromatic rings. The molecule has 0 saturated heterocycles. The molecule has 0 amide bonds. The predicted octanol–water partition coefficient (Wildman–Crippen LogP) is 1.69. The summed E-state index contributed by atoms with van der Waals surface area (Å²) in [5, 5.41) is 19.6. The highest BCUT2D eigenvalue weighted by Gasteiger charge is 2.50. The SMILES string of the molecule is OCC1(c2ccccc2C2(O)CC2)CC1. The smallest absolute Gasteiger partial charge is 0.0901 e. The zero-order valence-corrected chi connectivity index (χ0v) is 8.74. The summed E-state index contributed by atoms with van der Waals surface area (Å²) < 4.78 is 0. The Balaban J connectivity index is 2.07. The Labute approximate surface area is 89.6 Å². The average Bonchev–Trinajstić information content (AvgIpc) is 3.15. The normalized spacial score (nSPS) is 24.9. The summed E-state index contributed by atoms with van der Waals surface area (Å²) >= 11 is 0. The van der Waals surface area contributed by atoms with Gasteiger partial charge in [0, 0.05) is 5.41 Å². The highest BCUT2D eigenvalue weighted by molar-refractivity contribution is 5.43. The number of hydrogen-bond acceptors (Lipinski definition) is 2. The van der Waals surface area contributed by atoms with E-state index in [2.05, 4.69) is 6.07 Å². The summed E-state index contributed by atoms with van der Waals surface area (Å²) in [4.78, 5) is 0. The third-order valence-electron chi connectivity index (χ3n) is 3.88. The van der Waals surface area contributed by atoms with Crippen molar-refractivity contribution in [3.05, 3.63) is 35.4 Å². The van der Waals surface area contributed by atoms with E-state index in [0.29, 0.717) is 0 Å². The van der Waals surface area contributed by atoms with E-state index in [1.165, 1.54) is 5.56 Å². The lowest BCUT2D eigenvalue weighted by molar-refractivity contribution is 0.148. The molecular weight excluding hydrogens is 188 g/mol. The van der Waals surface area contributed by atoms with Crippen molar-refractivity contribution < 1.29 is 10.2 Å². The third-order valence-corrected chi connectivity index (χ3v) is 3.88. The fourth-order valence-corrected chi connectivity index (χ4v) is 2.40. The summed E-state index contributed by atoms with van der Waals surface area (Å²) in [6.45, 7) is 0.208. The highest BCUT2D eigenvalue weighted by atomic mass is 16.3. The van der Waals surface area contributed by atoms with E-state index in [4.69, 9.17) is 0 Å². The standard InChI is InChI=1S/C13H16O2/c14-9-12(5-6-12)10-3-1-2-4-11(10)13(15)7-8-13/h1-4,14-15H,5-9H2. The first-order chi connectivity index (χ1) is 7.20. The van der Waals surface area contributed by atoms with Gasteiger partial charge in [0.2, 0.25) is 0 Å². The number of rotatable bonds is 3. The second kappa shape index (κ2) is 2.83. The van der Waals surface area contributed by atoms with Crippen LogP contribution < -0.4 is 0 Å². The molecule has 0 heterocycles. The molecule has 0 atom stereocenters. The first kappa shape index (κ1) is 9.37. The van der Waals surface area contributed by atoms with Crippen molar-refractivity contribution in [1.29, 1.82) is 0 Å². The Morgan fingerprint density at radius 3 is 2.07 bits per heavy atom. The Morgan fingerprint density at radius 1 is 1.00 bits per heavy atom. The van der Waals surface area contributed by atoms with E-state index in [-0.39, 0.29) is 12.0 Å². The number of benzene rings is 1. The van der Waals surface area contributed by atoms with Gasteiger partial charge in [-0.3, -0.25) is 0 Å². The van der Waals surface area contributed by atoms with Crippen LogP contribution >= 0.6 is 0 Å². The lowest BCUT2D eigenvalue weighted by Gasteiger charge is -2.20. The maximum Gasteiger partial charge on any atom is 0.0901 e. The fourth-order valence-electron chi connectivity index (χ4n) is 2.40. The Kier molecular flexibility index (Phi) is 1.77. The third kappa shape index (κ3) is 1.32. The summed E-state index contributed by atoms with van der Waals surface area (Å²) in [6, 6.07) is 8.05. The molecule has 0 unspecified atom stereocenters. The number of aliphatic hydroxyl groups is 2. The van der Waals surface area contributed by atoms with Crippen LogP contribution in [0.2, 0.25) is 0 Å². The molecule has 3 rings (SSSR count). The molecule has 80 valence electrons. The van der Waals surface area contributed by atoms with Crippen molar-refractivity contribution in [3.63, 3.8) is 0 Å². The molecule has 0 aliphatic heterocycles. The van der Waals surface area contributed by atoms with Gasteiger partial charge in [-0.25, -0.2) is 0 Å². The maximum absolute atomic E-state index is 10.2. The van der Waals surface area contributed by atoms with Crippen LogP contribution in [0.1, 0.15) is 36.8 Å². The lowest BCUT2D eigenvalue weighted by atomic mass is 9.89. The minimum Gasteiger partial charge on any atom is -0.395 e. The van der Waals surface area contributed by atoms with Crippen LogP contribution in [0.15, 0.2) is 24.3 Å². The highest BCUT2D eigenvalue weighted by Crippen LogP contribution is 2.54. The van der Waals surface area contributed by atoms with Crippen molar-refractivity contribution in [1.82, 2.24) is 0 Å². The largest absolute Gasteiger partial charge is 0.395 e. The molecule has 2 fully saturated rings. The van der Waals surface area contributed by atoms with E-state index in [1.807, 2.05) is 18.2 Å². The summed E-state index contributed by atoms with van der Waals surface area (Å²) in [5.74, 6) is 0. The van der Waals surface area contributed by atoms with Gasteiger partial charge in [0.1, 0.15) is 0 Å². The van der Waals surface area contributed by atoms with Crippen molar-refractivity contribution in [2.45, 2.75) is 36.7 Å². The topological polar surface area (TPSA) is 40.5 Å². The van der Waals surface area contributed by atoms with Crippen LogP contribution in [0.3, 0.4) is 0 Å². The molecule has 2 heteroatoms. The molecule has 2 N–H and O–H groups in total. The van der Waals surface area contributed by atoms with Crippen molar-refractivity contribution in [2.24, 2.45) is 0 Å². The number of hydrogen-bond donors (Lipinski definition) is 2. The summed E-state index contributed by atoms with van der Waals surface area (Å²) in [7, 11) is 0. The first-order valence-corrected chi connectivity index (χ1v) is 5.63. The van der Waals surface area contributed by atoms with Gasteiger partial charge in [-0.1, -0.05) is 24.3 Å². The van der Waals surface area contributed by atoms with Crippen LogP contribution in [-0.2, 0) is 11.0 Å². The van der Waals surface area contributed by atoms with Gasteiger partial charge in [-0.2, -0.15) is 0 Å². The molecule has 1 aromatic carbocycles. The minimum atomic E-state index is -0.582. The maximum atomic E-state index is 10.2. The van der Waals surface area contributed by atoms with Crippen molar-refractivity contribution in [3.8, 4) is 0 Å². The second-order valence-corrected chi connectivity index (χ2v) is 5.02. The molecule has 0 radical (unpaired) electrons. The van der Waals surface area contributed by atoms with E-state index < -0.39 is 5.60 Å². The molecule has 0 spiro atoms. The monoisotopic (exact) mass is 204 g/mol. The zero-order chi connectivity index (χ0) is 10.5. The first-order valence-electron chi connectivity index (χ1n) is 5.63. The quantitative estimate of drug-likeness (QED) is 0.786. The van der Waals surface area contributed by atoms with Crippen LogP contribution in [0.25, 0.3) is 0 Å². The Morgan fingerprint density at radius 2 is 1.60 bits per heavy atom. The summed E-state index contributed by atoms with van der Waals surface area (Å²) in [6.07, 6.45) is 3.84. The molecule has 15 heavy (non-hydrogen) atoms. The van der Waals surface area contributed by atoms with Gasteiger partial charge in [0.05, 0.1) is 12.2 Å². The minimum absolute atomic E-state index is 0.0328. The van der Waals surface area contributed by atoms with Crippen LogP contribution in [0.5, 0.6) is 0 Å². The molecule has 0 aromatic heterocycles. The van der Waals surface area contributed by atoms with Gasteiger partial charge >= 0.3 is 0 Å². The average molecular weight is 204 g/mol. The molecule has 2 saturated carbocycles. The number of aliphatic hydroxyl groups excluding tert-OH is 1. The molecule has 0 bridgehead atoms. The predicted molar refractivity (Wildman–Crippen MR) is 57.6 cm³/mol. The lowest BCUT2D eigenvalue weighted by Crippen LogP contribution is -2.18. The van der Waals surface area contributed by atoms with Gasteiger partial charge < -0.3 is 10.2 Å². The van der Waals surface area contributed by atoms with Gasteiger partial charge in [0.15, 0.2) is 0 Å². The molecule has 2 aliphatic carbocycles. The molecular formula is C13H16O2. The van der Waals surface area contributed by atoms with Crippen LogP contribution in [-0.4, -0.2) is 16.8 Å². The summed E-state index contributed by atoms with van der Waals surface area (Å²) in [5.41, 5.74) is 1.61. The fraction of sp³-hybridized carbons (Fsp3) is 0.538. The van der Waals surface area contributed by atoms with Crippen LogP contribution in [0, 0.1) is 0 Å². The van der Waals surface area contributed by atoms with Crippen molar-refractivity contribution in [2.75, 3.05) is 6.61 Å².